The van der Waals surface area contributed by atoms with Gasteiger partial charge in [-0.3, -0.25) is 4.90 Å². The first-order valence-electron chi connectivity index (χ1n) is 5.75. The number of hydrogen-bond donors (Lipinski definition) is 0. The summed E-state index contributed by atoms with van der Waals surface area (Å²) >= 11 is 0. The van der Waals surface area contributed by atoms with Gasteiger partial charge in [0.2, 0.25) is 0 Å². The molecule has 1 aromatic rings. The monoisotopic (exact) mass is 221 g/mol. The summed E-state index contributed by atoms with van der Waals surface area (Å²) in [5.41, 5.74) is 1.36. The van der Waals surface area contributed by atoms with Crippen molar-refractivity contribution in [1.82, 2.24) is 4.90 Å². The van der Waals surface area contributed by atoms with Gasteiger partial charge in [0, 0.05) is 26.7 Å². The first-order chi connectivity index (χ1) is 7.88. The zero-order valence-electron chi connectivity index (χ0n) is 9.76. The molecule has 3 heteroatoms. The minimum Gasteiger partial charge on any atom is -0.382 e. The van der Waals surface area contributed by atoms with Crippen molar-refractivity contribution in [2.75, 3.05) is 33.4 Å². The molecule has 0 bridgehead atoms. The Hall–Kier alpha value is -0.900. The van der Waals surface area contributed by atoms with Crippen molar-refractivity contribution >= 4 is 0 Å². The van der Waals surface area contributed by atoms with Crippen molar-refractivity contribution in [2.24, 2.45) is 0 Å². The fourth-order valence-electron chi connectivity index (χ4n) is 2.05. The van der Waals surface area contributed by atoms with Crippen LogP contribution in [0.25, 0.3) is 0 Å². The van der Waals surface area contributed by atoms with Crippen molar-refractivity contribution in [1.29, 1.82) is 0 Å². The number of ether oxygens (including phenoxy) is 2. The Bertz CT molecular complexity index is 300. The summed E-state index contributed by atoms with van der Waals surface area (Å²) in [7, 11) is 1.72. The zero-order valence-corrected chi connectivity index (χ0v) is 9.76. The molecule has 0 radical (unpaired) electrons. The summed E-state index contributed by atoms with van der Waals surface area (Å²) in [6.45, 7) is 4.47. The van der Waals surface area contributed by atoms with E-state index in [0.717, 1.165) is 26.2 Å². The lowest BCUT2D eigenvalue weighted by Gasteiger charge is -2.32. The average Bonchev–Trinajstić information content (AvgIpc) is 2.31. The van der Waals surface area contributed by atoms with Crippen LogP contribution in [-0.2, 0) is 16.0 Å². The van der Waals surface area contributed by atoms with Crippen LogP contribution in [0.4, 0.5) is 0 Å². The molecule has 16 heavy (non-hydrogen) atoms. The summed E-state index contributed by atoms with van der Waals surface area (Å²) in [6.07, 6.45) is 0.225. The van der Waals surface area contributed by atoms with Crippen LogP contribution in [-0.4, -0.2) is 44.4 Å². The second-order valence-electron chi connectivity index (χ2n) is 4.17. The molecule has 1 heterocycles. The van der Waals surface area contributed by atoms with Crippen molar-refractivity contribution < 1.29 is 9.47 Å². The molecule has 88 valence electrons. The molecule has 0 spiro atoms. The topological polar surface area (TPSA) is 21.7 Å². The second-order valence-corrected chi connectivity index (χ2v) is 4.17. The number of rotatable bonds is 4. The number of morpholine rings is 1. The summed E-state index contributed by atoms with van der Waals surface area (Å²) in [4.78, 5) is 2.42. The van der Waals surface area contributed by atoms with Gasteiger partial charge >= 0.3 is 0 Å². The minimum atomic E-state index is 0.225. The molecule has 1 fully saturated rings. The van der Waals surface area contributed by atoms with Crippen LogP contribution >= 0.6 is 0 Å². The molecule has 0 amide bonds. The van der Waals surface area contributed by atoms with Gasteiger partial charge < -0.3 is 9.47 Å². The quantitative estimate of drug-likeness (QED) is 0.769. The predicted molar refractivity (Wildman–Crippen MR) is 63.3 cm³/mol. The highest BCUT2D eigenvalue weighted by molar-refractivity contribution is 5.14. The van der Waals surface area contributed by atoms with Gasteiger partial charge in [-0.15, -0.1) is 0 Å². The maximum Gasteiger partial charge on any atom is 0.0935 e. The van der Waals surface area contributed by atoms with Crippen LogP contribution in [0.3, 0.4) is 0 Å². The van der Waals surface area contributed by atoms with E-state index in [-0.39, 0.29) is 6.10 Å². The van der Waals surface area contributed by atoms with E-state index in [1.165, 1.54) is 5.56 Å². The van der Waals surface area contributed by atoms with E-state index in [1.807, 2.05) is 0 Å². The highest BCUT2D eigenvalue weighted by Gasteiger charge is 2.19. The molecule has 1 aliphatic heterocycles. The van der Waals surface area contributed by atoms with E-state index < -0.39 is 0 Å². The predicted octanol–water partition coefficient (Wildman–Crippen LogP) is 1.53. The second kappa shape index (κ2) is 5.99. The molecule has 1 aromatic carbocycles. The lowest BCUT2D eigenvalue weighted by molar-refractivity contribution is -0.0631. The van der Waals surface area contributed by atoms with Gasteiger partial charge in [-0.2, -0.15) is 0 Å². The van der Waals surface area contributed by atoms with Crippen molar-refractivity contribution in [3.8, 4) is 0 Å². The van der Waals surface area contributed by atoms with E-state index >= 15 is 0 Å². The molecule has 0 saturated carbocycles. The molecule has 1 aliphatic rings. The standard InChI is InChI=1S/C13H19NO2/c1-15-11-13-10-14(7-8-16-13)9-12-5-3-2-4-6-12/h2-6,13H,7-11H2,1H3. The number of benzene rings is 1. The Morgan fingerprint density at radius 3 is 2.94 bits per heavy atom. The third-order valence-electron chi connectivity index (χ3n) is 2.82. The highest BCUT2D eigenvalue weighted by Crippen LogP contribution is 2.10. The van der Waals surface area contributed by atoms with Gasteiger partial charge in [-0.1, -0.05) is 30.3 Å². The lowest BCUT2D eigenvalue weighted by atomic mass is 10.2. The first kappa shape index (κ1) is 11.6. The summed E-state index contributed by atoms with van der Waals surface area (Å²) in [6, 6.07) is 10.6. The highest BCUT2D eigenvalue weighted by atomic mass is 16.5. The minimum absolute atomic E-state index is 0.225. The van der Waals surface area contributed by atoms with Gasteiger partial charge in [0.1, 0.15) is 0 Å². The van der Waals surface area contributed by atoms with E-state index in [4.69, 9.17) is 9.47 Å². The van der Waals surface area contributed by atoms with Gasteiger partial charge in [-0.25, -0.2) is 0 Å². The van der Waals surface area contributed by atoms with Crippen LogP contribution in [0, 0.1) is 0 Å². The third kappa shape index (κ3) is 3.30. The molecule has 1 saturated heterocycles. The summed E-state index contributed by atoms with van der Waals surface area (Å²) in [5.74, 6) is 0. The van der Waals surface area contributed by atoms with Crippen molar-refractivity contribution in [3.63, 3.8) is 0 Å². The fraction of sp³-hybridized carbons (Fsp3) is 0.538. The Labute approximate surface area is 97.0 Å². The summed E-state index contributed by atoms with van der Waals surface area (Å²) < 4.78 is 10.7. The maximum atomic E-state index is 5.62. The summed E-state index contributed by atoms with van der Waals surface area (Å²) in [5, 5.41) is 0. The number of nitrogens with zero attached hydrogens (tertiary/aromatic N) is 1. The normalized spacial score (nSPS) is 22.2. The lowest BCUT2D eigenvalue weighted by Crippen LogP contribution is -2.43. The molecule has 2 rings (SSSR count). The molecule has 1 atom stereocenters. The molecule has 0 aliphatic carbocycles. The van der Waals surface area contributed by atoms with Gasteiger partial charge in [-0.05, 0) is 5.56 Å². The van der Waals surface area contributed by atoms with E-state index in [2.05, 4.69) is 35.2 Å². The first-order valence-corrected chi connectivity index (χ1v) is 5.75. The Balaban J connectivity index is 1.85. The Morgan fingerprint density at radius 1 is 1.38 bits per heavy atom. The van der Waals surface area contributed by atoms with Gasteiger partial charge in [0.15, 0.2) is 0 Å². The average molecular weight is 221 g/mol. The fourth-order valence-corrected chi connectivity index (χ4v) is 2.05. The van der Waals surface area contributed by atoms with Gasteiger partial charge in [0.25, 0.3) is 0 Å². The molecule has 0 aromatic heterocycles. The number of methoxy groups -OCH3 is 1. The molecule has 0 N–H and O–H groups in total. The van der Waals surface area contributed by atoms with Crippen LogP contribution in [0.2, 0.25) is 0 Å². The Kier molecular flexibility index (Phi) is 4.34. The molecular weight excluding hydrogens is 202 g/mol. The van der Waals surface area contributed by atoms with Crippen LogP contribution in [0.5, 0.6) is 0 Å². The molecular formula is C13H19NO2. The Morgan fingerprint density at radius 2 is 2.19 bits per heavy atom. The SMILES string of the molecule is COCC1CN(Cc2ccccc2)CCO1. The number of hydrogen-bond acceptors (Lipinski definition) is 3. The third-order valence-corrected chi connectivity index (χ3v) is 2.82. The smallest absolute Gasteiger partial charge is 0.0935 e. The van der Waals surface area contributed by atoms with E-state index in [0.29, 0.717) is 6.61 Å². The van der Waals surface area contributed by atoms with Crippen molar-refractivity contribution in [2.45, 2.75) is 12.6 Å². The largest absolute Gasteiger partial charge is 0.382 e. The van der Waals surface area contributed by atoms with E-state index in [1.54, 1.807) is 7.11 Å². The van der Waals surface area contributed by atoms with Crippen LogP contribution < -0.4 is 0 Å². The van der Waals surface area contributed by atoms with Crippen molar-refractivity contribution in [3.05, 3.63) is 35.9 Å². The molecule has 1 unspecified atom stereocenters. The van der Waals surface area contributed by atoms with Gasteiger partial charge in [0.05, 0.1) is 19.3 Å². The zero-order chi connectivity index (χ0) is 11.2. The van der Waals surface area contributed by atoms with Crippen LogP contribution in [0.1, 0.15) is 5.56 Å². The molecule has 3 nitrogen and oxygen atoms in total. The van der Waals surface area contributed by atoms with Crippen LogP contribution in [0.15, 0.2) is 30.3 Å². The maximum absolute atomic E-state index is 5.62. The van der Waals surface area contributed by atoms with E-state index in [9.17, 15) is 0 Å².